The average Bonchev–Trinajstić information content (AvgIpc) is 1.95. The molecular weight excluding hydrogens is 126 g/mol. The van der Waals surface area contributed by atoms with Gasteiger partial charge in [-0.25, -0.2) is 0 Å². The van der Waals surface area contributed by atoms with Gasteiger partial charge in [0, 0.05) is 19.2 Å². The fourth-order valence-electron chi connectivity index (χ4n) is 1.52. The fraction of sp³-hybridized carbons (Fsp3) is 1.00. The Morgan fingerprint density at radius 3 is 2.70 bits per heavy atom. The minimum Gasteiger partial charge on any atom is -0.396 e. The lowest BCUT2D eigenvalue weighted by Crippen LogP contribution is -2.39. The normalized spacial score (nSPS) is 36.3. The van der Waals surface area contributed by atoms with Crippen LogP contribution in [0.5, 0.6) is 0 Å². The molecule has 0 aromatic heterocycles. The van der Waals surface area contributed by atoms with E-state index in [9.17, 15) is 0 Å². The summed E-state index contributed by atoms with van der Waals surface area (Å²) in [6, 6.07) is 0.711. The van der Waals surface area contributed by atoms with Crippen LogP contribution < -0.4 is 0 Å². The second-order valence-electron chi connectivity index (χ2n) is 3.41. The highest BCUT2D eigenvalue weighted by Gasteiger charge is 2.21. The van der Waals surface area contributed by atoms with E-state index in [4.69, 9.17) is 5.11 Å². The molecule has 60 valence electrons. The molecule has 1 N–H and O–H groups in total. The van der Waals surface area contributed by atoms with E-state index < -0.39 is 0 Å². The Hall–Kier alpha value is -0.0800. The summed E-state index contributed by atoms with van der Waals surface area (Å²) in [5, 5.41) is 8.87. The van der Waals surface area contributed by atoms with E-state index in [0.29, 0.717) is 18.6 Å². The maximum Gasteiger partial charge on any atom is 0.0471 e. The van der Waals surface area contributed by atoms with Gasteiger partial charge in [0.2, 0.25) is 0 Å². The second kappa shape index (κ2) is 3.35. The summed E-state index contributed by atoms with van der Waals surface area (Å²) in [6.07, 6.45) is 2.43. The molecule has 0 saturated carbocycles. The molecule has 0 spiro atoms. The molecule has 1 rings (SSSR count). The molecule has 2 nitrogen and oxygen atoms in total. The van der Waals surface area contributed by atoms with Gasteiger partial charge < -0.3 is 10.0 Å². The number of rotatable bonds is 1. The number of nitrogens with zero attached hydrogens (tertiary/aromatic N) is 1. The predicted octanol–water partition coefficient (Wildman–Crippen LogP) is 0.709. The summed E-state index contributed by atoms with van der Waals surface area (Å²) < 4.78 is 0. The zero-order chi connectivity index (χ0) is 7.56. The Kier molecular flexibility index (Phi) is 2.69. The fourth-order valence-corrected chi connectivity index (χ4v) is 1.52. The molecule has 1 aliphatic rings. The summed E-state index contributed by atoms with van der Waals surface area (Å²) in [6.45, 7) is 3.67. The lowest BCUT2D eigenvalue weighted by molar-refractivity contribution is 0.104. The van der Waals surface area contributed by atoms with Crippen molar-refractivity contribution in [3.05, 3.63) is 0 Å². The van der Waals surface area contributed by atoms with E-state index in [2.05, 4.69) is 18.9 Å². The molecule has 0 radical (unpaired) electrons. The van der Waals surface area contributed by atoms with E-state index in [1.165, 1.54) is 12.8 Å². The number of piperidine rings is 1. The van der Waals surface area contributed by atoms with Crippen molar-refractivity contribution < 1.29 is 5.11 Å². The van der Waals surface area contributed by atoms with Crippen molar-refractivity contribution in [2.75, 3.05) is 20.2 Å². The Labute approximate surface area is 62.8 Å². The summed E-state index contributed by atoms with van der Waals surface area (Å²) in [7, 11) is 2.13. The highest BCUT2D eigenvalue weighted by atomic mass is 16.3. The van der Waals surface area contributed by atoms with E-state index in [0.717, 1.165) is 6.54 Å². The quantitative estimate of drug-likeness (QED) is 0.584. The van der Waals surface area contributed by atoms with E-state index >= 15 is 0 Å². The third-order valence-electron chi connectivity index (χ3n) is 2.55. The van der Waals surface area contributed by atoms with Crippen LogP contribution in [0.2, 0.25) is 0 Å². The summed E-state index contributed by atoms with van der Waals surface area (Å²) in [5.74, 6) is 0.529. The van der Waals surface area contributed by atoms with Crippen LogP contribution in [0.25, 0.3) is 0 Å². The summed E-state index contributed by atoms with van der Waals surface area (Å²) in [5.41, 5.74) is 0. The molecule has 2 heteroatoms. The zero-order valence-electron chi connectivity index (χ0n) is 6.88. The first-order chi connectivity index (χ1) is 4.74. The molecule has 1 aliphatic heterocycles. The molecule has 10 heavy (non-hydrogen) atoms. The monoisotopic (exact) mass is 143 g/mol. The average molecular weight is 143 g/mol. The van der Waals surface area contributed by atoms with Crippen molar-refractivity contribution in [2.24, 2.45) is 5.92 Å². The number of aliphatic hydroxyl groups is 1. The summed E-state index contributed by atoms with van der Waals surface area (Å²) >= 11 is 0. The number of hydrogen-bond donors (Lipinski definition) is 1. The van der Waals surface area contributed by atoms with Crippen LogP contribution in [0, 0.1) is 5.92 Å². The van der Waals surface area contributed by atoms with Crippen LogP contribution in [-0.4, -0.2) is 36.2 Å². The number of aliphatic hydroxyl groups excluding tert-OH is 1. The Bertz CT molecular complexity index is 105. The van der Waals surface area contributed by atoms with Crippen molar-refractivity contribution in [3.63, 3.8) is 0 Å². The summed E-state index contributed by atoms with van der Waals surface area (Å²) in [4.78, 5) is 2.32. The van der Waals surface area contributed by atoms with Crippen molar-refractivity contribution >= 4 is 0 Å². The lowest BCUT2D eigenvalue weighted by atomic mass is 9.95. The van der Waals surface area contributed by atoms with Gasteiger partial charge >= 0.3 is 0 Å². The molecule has 0 bridgehead atoms. The first-order valence-electron chi connectivity index (χ1n) is 4.05. The number of likely N-dealkylation sites (tertiary alicyclic amines) is 1. The van der Waals surface area contributed by atoms with Gasteiger partial charge in [-0.1, -0.05) is 0 Å². The third-order valence-corrected chi connectivity index (χ3v) is 2.55. The molecule has 0 aromatic rings. The van der Waals surface area contributed by atoms with Crippen LogP contribution in [0.1, 0.15) is 19.8 Å². The van der Waals surface area contributed by atoms with Crippen molar-refractivity contribution in [3.8, 4) is 0 Å². The van der Waals surface area contributed by atoms with Crippen LogP contribution in [0.15, 0.2) is 0 Å². The molecular formula is C8H17NO. The maximum atomic E-state index is 8.87. The van der Waals surface area contributed by atoms with Gasteiger partial charge in [-0.3, -0.25) is 0 Å². The van der Waals surface area contributed by atoms with Gasteiger partial charge in [0.15, 0.2) is 0 Å². The van der Waals surface area contributed by atoms with Crippen LogP contribution in [-0.2, 0) is 0 Å². The van der Waals surface area contributed by atoms with Crippen molar-refractivity contribution in [1.82, 2.24) is 4.90 Å². The van der Waals surface area contributed by atoms with Gasteiger partial charge in [0.1, 0.15) is 0 Å². The maximum absolute atomic E-state index is 8.87. The number of hydrogen-bond acceptors (Lipinski definition) is 2. The molecule has 0 aromatic carbocycles. The van der Waals surface area contributed by atoms with Crippen LogP contribution in [0.4, 0.5) is 0 Å². The lowest BCUT2D eigenvalue weighted by Gasteiger charge is -2.34. The Balaban J connectivity index is 2.33. The van der Waals surface area contributed by atoms with Gasteiger partial charge in [0.25, 0.3) is 0 Å². The molecule has 2 atom stereocenters. The highest BCUT2D eigenvalue weighted by molar-refractivity contribution is 4.75. The Morgan fingerprint density at radius 2 is 2.20 bits per heavy atom. The van der Waals surface area contributed by atoms with E-state index in [-0.39, 0.29) is 0 Å². The van der Waals surface area contributed by atoms with Crippen molar-refractivity contribution in [1.29, 1.82) is 0 Å². The Morgan fingerprint density at radius 1 is 1.50 bits per heavy atom. The smallest absolute Gasteiger partial charge is 0.0471 e. The van der Waals surface area contributed by atoms with Gasteiger partial charge in [-0.05, 0) is 32.7 Å². The van der Waals surface area contributed by atoms with Gasteiger partial charge in [-0.15, -0.1) is 0 Å². The van der Waals surface area contributed by atoms with Gasteiger partial charge in [0.05, 0.1) is 0 Å². The molecule has 1 saturated heterocycles. The highest BCUT2D eigenvalue weighted by Crippen LogP contribution is 2.19. The minimum atomic E-state index is 0.358. The standard InChI is InChI=1S/C8H17NO/c1-7-3-4-8(6-10)5-9(7)2/h7-8,10H,3-6H2,1-2H3. The van der Waals surface area contributed by atoms with E-state index in [1.807, 2.05) is 0 Å². The predicted molar refractivity (Wildman–Crippen MR) is 41.9 cm³/mol. The van der Waals surface area contributed by atoms with Gasteiger partial charge in [-0.2, -0.15) is 0 Å². The first-order valence-corrected chi connectivity index (χ1v) is 4.05. The van der Waals surface area contributed by atoms with Crippen LogP contribution >= 0.6 is 0 Å². The second-order valence-corrected chi connectivity index (χ2v) is 3.41. The molecule has 2 unspecified atom stereocenters. The third kappa shape index (κ3) is 1.70. The topological polar surface area (TPSA) is 23.5 Å². The minimum absolute atomic E-state index is 0.358. The molecule has 0 aliphatic carbocycles. The van der Waals surface area contributed by atoms with E-state index in [1.54, 1.807) is 0 Å². The molecule has 0 amide bonds. The molecule has 1 heterocycles. The van der Waals surface area contributed by atoms with Crippen molar-refractivity contribution in [2.45, 2.75) is 25.8 Å². The first kappa shape index (κ1) is 8.02. The largest absolute Gasteiger partial charge is 0.396 e. The zero-order valence-corrected chi connectivity index (χ0v) is 6.88. The SMILES string of the molecule is CC1CCC(CO)CN1C. The van der Waals surface area contributed by atoms with Crippen LogP contribution in [0.3, 0.4) is 0 Å². The molecule has 1 fully saturated rings.